The molecule has 1 aromatic rings. The van der Waals surface area contributed by atoms with E-state index in [9.17, 15) is 5.11 Å². The molecule has 0 aromatic heterocycles. The van der Waals surface area contributed by atoms with Crippen LogP contribution in [0.1, 0.15) is 57.6 Å². The van der Waals surface area contributed by atoms with Gasteiger partial charge in [0.05, 0.1) is 6.10 Å². The summed E-state index contributed by atoms with van der Waals surface area (Å²) in [6, 6.07) is 5.53. The maximum absolute atomic E-state index is 10.0. The molecule has 2 heterocycles. The van der Waals surface area contributed by atoms with Gasteiger partial charge in [-0.2, -0.15) is 0 Å². The van der Waals surface area contributed by atoms with Gasteiger partial charge in [-0.15, -0.1) is 0 Å². The minimum atomic E-state index is -1.97. The highest BCUT2D eigenvalue weighted by Gasteiger charge is 2.66. The minimum absolute atomic E-state index is 0.0685. The van der Waals surface area contributed by atoms with Crippen LogP contribution >= 0.6 is 0 Å². The summed E-state index contributed by atoms with van der Waals surface area (Å²) in [7, 11) is 0.133. The fraction of sp³-hybridized carbons (Fsp3) is 0.778. The summed E-state index contributed by atoms with van der Waals surface area (Å²) < 4.78 is 13.9. The number of rotatable bonds is 5. The first-order valence-corrected chi connectivity index (χ1v) is 16.1. The topological polar surface area (TPSA) is 54.0 Å². The van der Waals surface area contributed by atoms with Gasteiger partial charge in [0.15, 0.2) is 5.75 Å². The third-order valence-corrected chi connectivity index (χ3v) is 14.7. The van der Waals surface area contributed by atoms with Gasteiger partial charge in [-0.1, -0.05) is 26.8 Å². The lowest BCUT2D eigenvalue weighted by molar-refractivity contribution is -0.0657. The van der Waals surface area contributed by atoms with Crippen LogP contribution in [0, 0.1) is 11.8 Å². The second kappa shape index (κ2) is 7.22. The molecule has 2 unspecified atom stereocenters. The Bertz CT molecular complexity index is 959. The summed E-state index contributed by atoms with van der Waals surface area (Å²) in [6.07, 6.45) is 5.80. The maximum atomic E-state index is 10.0. The van der Waals surface area contributed by atoms with Crippen LogP contribution in [0.2, 0.25) is 18.1 Å². The Morgan fingerprint density at radius 2 is 2.03 bits per heavy atom. The Morgan fingerprint density at radius 1 is 1.27 bits per heavy atom. The van der Waals surface area contributed by atoms with E-state index in [0.717, 1.165) is 43.9 Å². The highest BCUT2D eigenvalue weighted by atomic mass is 28.4. The first kappa shape index (κ1) is 22.4. The molecular weight excluding hydrogens is 428 g/mol. The highest BCUT2D eigenvalue weighted by molar-refractivity contribution is 6.74. The molecule has 1 spiro atoms. The van der Waals surface area contributed by atoms with Crippen molar-refractivity contribution in [3.05, 3.63) is 23.3 Å². The number of ether oxygens (including phenoxy) is 1. The van der Waals surface area contributed by atoms with Crippen molar-refractivity contribution in [3.63, 3.8) is 0 Å². The Hall–Kier alpha value is -1.08. The Balaban J connectivity index is 1.43. The van der Waals surface area contributed by atoms with Crippen molar-refractivity contribution in [3.8, 4) is 11.5 Å². The lowest BCUT2D eigenvalue weighted by atomic mass is 9.51. The molecule has 2 aliphatic heterocycles. The van der Waals surface area contributed by atoms with E-state index in [4.69, 9.17) is 9.16 Å². The fourth-order valence-corrected chi connectivity index (χ4v) is 8.39. The van der Waals surface area contributed by atoms with Crippen molar-refractivity contribution >= 4 is 8.32 Å². The predicted molar refractivity (Wildman–Crippen MR) is 134 cm³/mol. The van der Waals surface area contributed by atoms with Crippen molar-refractivity contribution in [2.45, 2.75) is 101 Å². The predicted octanol–water partition coefficient (Wildman–Crippen LogP) is 4.08. The third kappa shape index (κ3) is 3.13. The zero-order chi connectivity index (χ0) is 23.3. The molecule has 6 heteroatoms. The molecule has 2 bridgehead atoms. The van der Waals surface area contributed by atoms with Crippen LogP contribution in [0.15, 0.2) is 12.1 Å². The number of nitrogens with zero attached hydrogens (tertiary/aromatic N) is 1. The van der Waals surface area contributed by atoms with Gasteiger partial charge in [-0.3, -0.25) is 4.90 Å². The molecule has 6 rings (SSSR count). The van der Waals surface area contributed by atoms with Crippen LogP contribution < -0.4 is 14.5 Å². The molecule has 0 amide bonds. The zero-order valence-corrected chi connectivity index (χ0v) is 22.3. The lowest BCUT2D eigenvalue weighted by Gasteiger charge is -2.59. The monoisotopic (exact) mass is 470 g/mol. The molecule has 2 N–H and O–H groups in total. The number of likely N-dealkylation sites (tertiary alicyclic amines) is 1. The van der Waals surface area contributed by atoms with Gasteiger partial charge in [-0.05, 0) is 81.4 Å². The van der Waals surface area contributed by atoms with Crippen LogP contribution in [0.25, 0.3) is 0 Å². The van der Waals surface area contributed by atoms with Gasteiger partial charge >= 0.3 is 0 Å². The molecule has 1 saturated heterocycles. The molecular formula is C27H42N2O3Si. The lowest BCUT2D eigenvalue weighted by Crippen LogP contribution is -2.68. The number of benzene rings is 1. The number of piperidine rings is 1. The molecule has 1 aromatic carbocycles. The normalized spacial score (nSPS) is 39.1. The summed E-state index contributed by atoms with van der Waals surface area (Å²) >= 11 is 0. The van der Waals surface area contributed by atoms with Crippen molar-refractivity contribution < 1.29 is 14.3 Å². The summed E-state index contributed by atoms with van der Waals surface area (Å²) in [5.41, 5.74) is 3.08. The third-order valence-electron chi connectivity index (χ3n) is 10.3. The van der Waals surface area contributed by atoms with Crippen molar-refractivity contribution in [1.29, 1.82) is 0 Å². The Labute approximate surface area is 200 Å². The highest BCUT2D eigenvalue weighted by Crippen LogP contribution is 2.64. The molecule has 5 aliphatic rings. The molecule has 7 atom stereocenters. The molecule has 2 saturated carbocycles. The number of aliphatic hydroxyl groups excluding tert-OH is 1. The van der Waals surface area contributed by atoms with Crippen LogP contribution in [0.3, 0.4) is 0 Å². The Morgan fingerprint density at radius 3 is 2.70 bits per heavy atom. The van der Waals surface area contributed by atoms with Gasteiger partial charge in [0.25, 0.3) is 8.32 Å². The average Bonchev–Trinajstić information content (AvgIpc) is 3.32. The number of hydrogen-bond donors (Lipinski definition) is 2. The smallest absolute Gasteiger partial charge is 0.250 e. The van der Waals surface area contributed by atoms with Gasteiger partial charge in [0, 0.05) is 35.5 Å². The average molecular weight is 471 g/mol. The summed E-state index contributed by atoms with van der Waals surface area (Å²) in [6.45, 7) is 13.8. The van der Waals surface area contributed by atoms with E-state index >= 15 is 0 Å². The number of nitrogens with one attached hydrogen (secondary N) is 1. The minimum Gasteiger partial charge on any atom is -0.541 e. The Kier molecular flexibility index (Phi) is 4.90. The summed E-state index contributed by atoms with van der Waals surface area (Å²) in [5, 5.41) is 13.8. The van der Waals surface area contributed by atoms with E-state index < -0.39 is 8.32 Å². The van der Waals surface area contributed by atoms with E-state index in [1.807, 2.05) is 0 Å². The van der Waals surface area contributed by atoms with Crippen molar-refractivity contribution in [1.82, 2.24) is 10.2 Å². The largest absolute Gasteiger partial charge is 0.541 e. The number of hydrogen-bond acceptors (Lipinski definition) is 5. The van der Waals surface area contributed by atoms with Crippen LogP contribution in [-0.4, -0.2) is 62.8 Å². The quantitative estimate of drug-likeness (QED) is 0.635. The van der Waals surface area contributed by atoms with Crippen LogP contribution in [0.5, 0.6) is 11.5 Å². The van der Waals surface area contributed by atoms with E-state index in [-0.39, 0.29) is 22.7 Å². The van der Waals surface area contributed by atoms with E-state index in [1.54, 1.807) is 0 Å². The first-order chi connectivity index (χ1) is 15.6. The van der Waals surface area contributed by atoms with E-state index in [1.165, 1.54) is 24.0 Å². The van der Waals surface area contributed by atoms with E-state index in [0.29, 0.717) is 23.9 Å². The second-order valence-electron chi connectivity index (χ2n) is 13.0. The van der Waals surface area contributed by atoms with Gasteiger partial charge < -0.3 is 19.6 Å². The van der Waals surface area contributed by atoms with E-state index in [2.05, 4.69) is 63.3 Å². The molecule has 3 fully saturated rings. The van der Waals surface area contributed by atoms with Gasteiger partial charge in [0.1, 0.15) is 11.9 Å². The molecule has 33 heavy (non-hydrogen) atoms. The van der Waals surface area contributed by atoms with Gasteiger partial charge in [-0.25, -0.2) is 0 Å². The zero-order valence-electron chi connectivity index (χ0n) is 21.3. The molecule has 3 aliphatic carbocycles. The van der Waals surface area contributed by atoms with Crippen LogP contribution in [0.4, 0.5) is 0 Å². The molecule has 182 valence electrons. The number of likely N-dealkylation sites (N-methyl/N-ethyl adjacent to an activating group) is 1. The first-order valence-electron chi connectivity index (χ1n) is 13.2. The van der Waals surface area contributed by atoms with Gasteiger partial charge in [0.2, 0.25) is 0 Å². The fourth-order valence-electron chi connectivity index (χ4n) is 7.38. The van der Waals surface area contributed by atoms with Crippen LogP contribution in [-0.2, 0) is 11.8 Å². The number of aliphatic hydroxyl groups is 1. The standard InChI is InChI=1S/C27H42N2O3Si/c1-26(2,3)33(5,6)32-22-10-7-16-13-20-18-8-9-19(28-4)25-27(18,23(16)24(22)31-25)11-12-29(20)15-17-14-21(17)30/h7,10,17-21,25,28,30H,8-9,11-15H2,1-6H3/t17?,18-,19-,20+,21?,25-,27-/m0/s1. The van der Waals surface area contributed by atoms with Crippen molar-refractivity contribution in [2.24, 2.45) is 11.8 Å². The maximum Gasteiger partial charge on any atom is 0.250 e. The summed E-state index contributed by atoms with van der Waals surface area (Å²) in [4.78, 5) is 2.73. The van der Waals surface area contributed by atoms with Crippen molar-refractivity contribution in [2.75, 3.05) is 20.1 Å². The second-order valence-corrected chi connectivity index (χ2v) is 17.8. The molecule has 0 radical (unpaired) electrons. The SMILES string of the molecule is CN[C@H]1CC[C@H]2[C@H]3Cc4ccc(O[Si](C)(C)C(C)(C)C)c5c4[C@@]2(CCN3CC2CC2O)[C@H]1O5. The molecule has 5 nitrogen and oxygen atoms in total. The summed E-state index contributed by atoms with van der Waals surface area (Å²) in [5.74, 6) is 3.17.